The summed E-state index contributed by atoms with van der Waals surface area (Å²) in [6.07, 6.45) is 2.03. The van der Waals surface area contributed by atoms with Crippen LogP contribution < -0.4 is 0 Å². The van der Waals surface area contributed by atoms with E-state index < -0.39 is 27.0 Å². The molecule has 0 spiro atoms. The summed E-state index contributed by atoms with van der Waals surface area (Å²) in [6.45, 7) is 0. The van der Waals surface area contributed by atoms with Gasteiger partial charge in [-0.25, -0.2) is 8.42 Å². The topological polar surface area (TPSA) is 71.4 Å². The van der Waals surface area contributed by atoms with E-state index in [-0.39, 0.29) is 6.42 Å². The fourth-order valence-corrected chi connectivity index (χ4v) is 4.34. The molecule has 2 atom stereocenters. The van der Waals surface area contributed by atoms with Gasteiger partial charge in [-0.1, -0.05) is 24.6 Å². The van der Waals surface area contributed by atoms with E-state index in [1.807, 2.05) is 0 Å². The van der Waals surface area contributed by atoms with E-state index in [2.05, 4.69) is 0 Å². The monoisotopic (exact) mass is 268 g/mol. The van der Waals surface area contributed by atoms with Crippen LogP contribution in [0.25, 0.3) is 0 Å². The first kappa shape index (κ1) is 13.1. The molecule has 1 N–H and O–H groups in total. The van der Waals surface area contributed by atoms with Crippen molar-refractivity contribution in [2.45, 2.75) is 35.8 Å². The first-order valence-corrected chi connectivity index (χ1v) is 7.58. The second-order valence-corrected chi connectivity index (χ2v) is 6.91. The standard InChI is InChI=1S/C13H16O4S/c14-13(15)10-5-4-8-12(9-10)18(16,17)11-6-2-1-3-7-11/h1-3,6-7,10,12H,4-5,8-9H2,(H,14,15). The summed E-state index contributed by atoms with van der Waals surface area (Å²) in [5, 5.41) is 8.44. The zero-order chi connectivity index (χ0) is 13.2. The van der Waals surface area contributed by atoms with Crippen LogP contribution in [0.3, 0.4) is 0 Å². The Labute approximate surface area is 107 Å². The van der Waals surface area contributed by atoms with Gasteiger partial charge in [-0.15, -0.1) is 0 Å². The van der Waals surface area contributed by atoms with E-state index in [0.29, 0.717) is 24.2 Å². The molecule has 0 amide bonds. The van der Waals surface area contributed by atoms with E-state index in [4.69, 9.17) is 5.11 Å². The summed E-state index contributed by atoms with van der Waals surface area (Å²) in [5.74, 6) is -1.41. The van der Waals surface area contributed by atoms with Gasteiger partial charge in [0.05, 0.1) is 16.1 Å². The van der Waals surface area contributed by atoms with Crippen molar-refractivity contribution >= 4 is 15.8 Å². The Kier molecular flexibility index (Phi) is 3.71. The number of rotatable bonds is 3. The maximum absolute atomic E-state index is 12.4. The van der Waals surface area contributed by atoms with Crippen LogP contribution in [-0.2, 0) is 14.6 Å². The van der Waals surface area contributed by atoms with E-state index in [1.165, 1.54) is 0 Å². The van der Waals surface area contributed by atoms with Gasteiger partial charge in [0, 0.05) is 0 Å². The Morgan fingerprint density at radius 1 is 1.17 bits per heavy atom. The normalized spacial score (nSPS) is 24.7. The van der Waals surface area contributed by atoms with E-state index in [1.54, 1.807) is 30.3 Å². The highest BCUT2D eigenvalue weighted by Gasteiger charge is 2.35. The highest BCUT2D eigenvalue weighted by atomic mass is 32.2. The third-order valence-corrected chi connectivity index (χ3v) is 5.72. The molecule has 0 radical (unpaired) electrons. The Morgan fingerprint density at radius 3 is 2.44 bits per heavy atom. The van der Waals surface area contributed by atoms with Crippen LogP contribution in [0.15, 0.2) is 35.2 Å². The third kappa shape index (κ3) is 2.56. The second kappa shape index (κ2) is 5.10. The Bertz CT molecular complexity index is 521. The molecule has 18 heavy (non-hydrogen) atoms. The van der Waals surface area contributed by atoms with Gasteiger partial charge in [0.2, 0.25) is 0 Å². The lowest BCUT2D eigenvalue weighted by Gasteiger charge is -2.26. The van der Waals surface area contributed by atoms with Crippen molar-refractivity contribution in [3.63, 3.8) is 0 Å². The smallest absolute Gasteiger partial charge is 0.306 e. The van der Waals surface area contributed by atoms with Crippen molar-refractivity contribution in [1.29, 1.82) is 0 Å². The lowest BCUT2D eigenvalue weighted by Crippen LogP contribution is -2.31. The molecule has 98 valence electrons. The molecule has 4 nitrogen and oxygen atoms in total. The van der Waals surface area contributed by atoms with Crippen LogP contribution in [0.1, 0.15) is 25.7 Å². The number of aliphatic carboxylic acids is 1. The minimum absolute atomic E-state index is 0.229. The first-order valence-electron chi connectivity index (χ1n) is 6.03. The number of carboxylic acids is 1. The van der Waals surface area contributed by atoms with Crippen LogP contribution >= 0.6 is 0 Å². The molecule has 1 aromatic carbocycles. The molecule has 1 aromatic rings. The van der Waals surface area contributed by atoms with Crippen LogP contribution in [0.5, 0.6) is 0 Å². The van der Waals surface area contributed by atoms with Gasteiger partial charge in [0.1, 0.15) is 0 Å². The fraction of sp³-hybridized carbons (Fsp3) is 0.462. The van der Waals surface area contributed by atoms with Crippen molar-refractivity contribution in [2.24, 2.45) is 5.92 Å². The van der Waals surface area contributed by atoms with Gasteiger partial charge < -0.3 is 5.11 Å². The average Bonchev–Trinajstić information content (AvgIpc) is 2.40. The maximum atomic E-state index is 12.4. The molecule has 0 aromatic heterocycles. The zero-order valence-electron chi connectivity index (χ0n) is 9.95. The molecule has 1 fully saturated rings. The molecule has 1 aliphatic rings. The highest BCUT2D eigenvalue weighted by molar-refractivity contribution is 7.92. The van der Waals surface area contributed by atoms with Gasteiger partial charge in [0.25, 0.3) is 0 Å². The Morgan fingerprint density at radius 2 is 1.83 bits per heavy atom. The zero-order valence-corrected chi connectivity index (χ0v) is 10.8. The Balaban J connectivity index is 2.23. The lowest BCUT2D eigenvalue weighted by atomic mass is 9.89. The van der Waals surface area contributed by atoms with Crippen molar-refractivity contribution in [2.75, 3.05) is 0 Å². The van der Waals surface area contributed by atoms with Crippen molar-refractivity contribution in [1.82, 2.24) is 0 Å². The predicted molar refractivity (Wildman–Crippen MR) is 67.0 cm³/mol. The van der Waals surface area contributed by atoms with Gasteiger partial charge in [0.15, 0.2) is 9.84 Å². The molecule has 0 saturated heterocycles. The maximum Gasteiger partial charge on any atom is 0.306 e. The quantitative estimate of drug-likeness (QED) is 0.911. The molecule has 0 aliphatic heterocycles. The molecule has 1 aliphatic carbocycles. The number of sulfone groups is 1. The van der Waals surface area contributed by atoms with Crippen LogP contribution in [0, 0.1) is 5.92 Å². The molecule has 2 unspecified atom stereocenters. The lowest BCUT2D eigenvalue weighted by molar-refractivity contribution is -0.142. The van der Waals surface area contributed by atoms with Crippen molar-refractivity contribution < 1.29 is 18.3 Å². The van der Waals surface area contributed by atoms with Crippen molar-refractivity contribution in [3.05, 3.63) is 30.3 Å². The summed E-state index contributed by atoms with van der Waals surface area (Å²) in [6, 6.07) is 8.27. The molecule has 1 saturated carbocycles. The summed E-state index contributed by atoms with van der Waals surface area (Å²) in [7, 11) is -3.39. The van der Waals surface area contributed by atoms with Crippen LogP contribution in [0.2, 0.25) is 0 Å². The average molecular weight is 268 g/mol. The minimum atomic E-state index is -3.39. The van der Waals surface area contributed by atoms with Crippen molar-refractivity contribution in [3.8, 4) is 0 Å². The summed E-state index contributed by atoms with van der Waals surface area (Å²) < 4.78 is 24.7. The van der Waals surface area contributed by atoms with Gasteiger partial charge in [-0.2, -0.15) is 0 Å². The SMILES string of the molecule is O=C(O)C1CCCC(S(=O)(=O)c2ccccc2)C1. The largest absolute Gasteiger partial charge is 0.481 e. The Hall–Kier alpha value is -1.36. The molecule has 5 heteroatoms. The first-order chi connectivity index (χ1) is 8.51. The second-order valence-electron chi connectivity index (χ2n) is 4.68. The number of hydrogen-bond acceptors (Lipinski definition) is 3. The minimum Gasteiger partial charge on any atom is -0.481 e. The summed E-state index contributed by atoms with van der Waals surface area (Å²) in [4.78, 5) is 11.3. The third-order valence-electron chi connectivity index (χ3n) is 3.49. The highest BCUT2D eigenvalue weighted by Crippen LogP contribution is 2.32. The molecule has 0 bridgehead atoms. The van der Waals surface area contributed by atoms with E-state index in [0.717, 1.165) is 0 Å². The van der Waals surface area contributed by atoms with Crippen LogP contribution in [-0.4, -0.2) is 24.7 Å². The van der Waals surface area contributed by atoms with Gasteiger partial charge in [-0.3, -0.25) is 4.79 Å². The molecular weight excluding hydrogens is 252 g/mol. The number of carbonyl (C=O) groups is 1. The van der Waals surface area contributed by atoms with E-state index >= 15 is 0 Å². The summed E-state index contributed by atoms with van der Waals surface area (Å²) >= 11 is 0. The number of benzene rings is 1. The summed E-state index contributed by atoms with van der Waals surface area (Å²) in [5.41, 5.74) is 0. The number of carboxylic acid groups (broad SMARTS) is 1. The fourth-order valence-electron chi connectivity index (χ4n) is 2.45. The molecular formula is C13H16O4S. The number of hydrogen-bond donors (Lipinski definition) is 1. The van der Waals surface area contributed by atoms with E-state index in [9.17, 15) is 13.2 Å². The molecule has 2 rings (SSSR count). The van der Waals surface area contributed by atoms with Gasteiger partial charge in [-0.05, 0) is 31.4 Å². The van der Waals surface area contributed by atoms with Crippen LogP contribution in [0.4, 0.5) is 0 Å². The predicted octanol–water partition coefficient (Wildman–Crippen LogP) is 2.10. The molecule has 0 heterocycles. The van der Waals surface area contributed by atoms with Gasteiger partial charge >= 0.3 is 5.97 Å².